The highest BCUT2D eigenvalue weighted by atomic mass is 16.3. The Balaban J connectivity index is 2.03. The van der Waals surface area contributed by atoms with Crippen molar-refractivity contribution in [3.05, 3.63) is 23.9 Å². The molecule has 1 atom stereocenters. The zero-order valence-corrected chi connectivity index (χ0v) is 10.8. The summed E-state index contributed by atoms with van der Waals surface area (Å²) in [6.07, 6.45) is 4.49. The number of nitrogen functional groups attached to an aromatic ring is 1. The molecule has 2 rings (SSSR count). The fourth-order valence-electron chi connectivity index (χ4n) is 2.62. The standard InChI is InChI=1S/C14H22N2O2/c1-10-4-6-14(18,7-5-10)12(17)9-11-3-2-8-16-13(11)15/h2-3,8,10,12,17-18H,4-7,9H2,1H3,(H2,15,16). The summed E-state index contributed by atoms with van der Waals surface area (Å²) in [7, 11) is 0. The number of rotatable bonds is 3. The van der Waals surface area contributed by atoms with Crippen molar-refractivity contribution in [2.45, 2.75) is 50.7 Å². The van der Waals surface area contributed by atoms with E-state index in [-0.39, 0.29) is 0 Å². The molecule has 0 radical (unpaired) electrons. The summed E-state index contributed by atoms with van der Waals surface area (Å²) in [4.78, 5) is 4.00. The van der Waals surface area contributed by atoms with Crippen LogP contribution in [0.15, 0.2) is 18.3 Å². The first-order chi connectivity index (χ1) is 8.51. The number of aromatic nitrogens is 1. The zero-order valence-electron chi connectivity index (χ0n) is 10.8. The summed E-state index contributed by atoms with van der Waals surface area (Å²) in [6.45, 7) is 2.19. The number of aliphatic hydroxyl groups excluding tert-OH is 1. The van der Waals surface area contributed by atoms with Gasteiger partial charge in [0.15, 0.2) is 0 Å². The number of hydrogen-bond acceptors (Lipinski definition) is 4. The van der Waals surface area contributed by atoms with Crippen molar-refractivity contribution < 1.29 is 10.2 Å². The molecule has 1 unspecified atom stereocenters. The molecule has 1 aliphatic rings. The highest BCUT2D eigenvalue weighted by molar-refractivity contribution is 5.39. The molecule has 0 saturated heterocycles. The van der Waals surface area contributed by atoms with E-state index >= 15 is 0 Å². The number of pyridine rings is 1. The Morgan fingerprint density at radius 2 is 2.17 bits per heavy atom. The van der Waals surface area contributed by atoms with E-state index in [0.717, 1.165) is 18.4 Å². The summed E-state index contributed by atoms with van der Waals surface area (Å²) in [5.41, 5.74) is 5.60. The van der Waals surface area contributed by atoms with Gasteiger partial charge in [-0.3, -0.25) is 0 Å². The van der Waals surface area contributed by atoms with Crippen molar-refractivity contribution >= 4 is 5.82 Å². The predicted octanol–water partition coefficient (Wildman–Crippen LogP) is 1.51. The molecule has 1 aromatic heterocycles. The maximum atomic E-state index is 10.5. The van der Waals surface area contributed by atoms with E-state index in [1.807, 2.05) is 6.07 Å². The zero-order chi connectivity index (χ0) is 13.2. The molecule has 1 aliphatic carbocycles. The van der Waals surface area contributed by atoms with Crippen molar-refractivity contribution in [1.29, 1.82) is 0 Å². The SMILES string of the molecule is CC1CCC(O)(C(O)Cc2cccnc2N)CC1. The van der Waals surface area contributed by atoms with Crippen molar-refractivity contribution in [1.82, 2.24) is 4.98 Å². The molecular formula is C14H22N2O2. The van der Waals surface area contributed by atoms with Crippen LogP contribution in [0.5, 0.6) is 0 Å². The van der Waals surface area contributed by atoms with Gasteiger partial charge in [0.2, 0.25) is 0 Å². The van der Waals surface area contributed by atoms with E-state index in [2.05, 4.69) is 11.9 Å². The Morgan fingerprint density at radius 3 is 2.78 bits per heavy atom. The second kappa shape index (κ2) is 5.24. The van der Waals surface area contributed by atoms with Crippen LogP contribution in [0.2, 0.25) is 0 Å². The van der Waals surface area contributed by atoms with Crippen LogP contribution in [0.3, 0.4) is 0 Å². The molecule has 1 heterocycles. The third kappa shape index (κ3) is 2.82. The molecule has 100 valence electrons. The second-order valence-electron chi connectivity index (χ2n) is 5.55. The number of nitrogens with zero attached hydrogens (tertiary/aromatic N) is 1. The van der Waals surface area contributed by atoms with Gasteiger partial charge >= 0.3 is 0 Å². The van der Waals surface area contributed by atoms with Gasteiger partial charge in [0.05, 0.1) is 11.7 Å². The Kier molecular flexibility index (Phi) is 3.88. The molecule has 1 aromatic rings. The maximum absolute atomic E-state index is 10.5. The van der Waals surface area contributed by atoms with Gasteiger partial charge in [-0.2, -0.15) is 0 Å². The van der Waals surface area contributed by atoms with E-state index in [0.29, 0.717) is 31.0 Å². The monoisotopic (exact) mass is 250 g/mol. The van der Waals surface area contributed by atoms with Crippen LogP contribution in [-0.4, -0.2) is 26.9 Å². The Hall–Kier alpha value is -1.13. The van der Waals surface area contributed by atoms with Crippen LogP contribution >= 0.6 is 0 Å². The van der Waals surface area contributed by atoms with E-state index in [1.165, 1.54) is 0 Å². The molecule has 4 heteroatoms. The van der Waals surface area contributed by atoms with Gasteiger partial charge in [0.25, 0.3) is 0 Å². The Bertz CT molecular complexity index is 401. The molecule has 0 spiro atoms. The lowest BCUT2D eigenvalue weighted by molar-refractivity contribution is -0.102. The molecule has 4 N–H and O–H groups in total. The van der Waals surface area contributed by atoms with Crippen molar-refractivity contribution in [3.8, 4) is 0 Å². The molecule has 4 nitrogen and oxygen atoms in total. The molecule has 0 amide bonds. The summed E-state index contributed by atoms with van der Waals surface area (Å²) < 4.78 is 0. The van der Waals surface area contributed by atoms with E-state index in [1.54, 1.807) is 12.3 Å². The average molecular weight is 250 g/mol. The normalized spacial score (nSPS) is 30.1. The van der Waals surface area contributed by atoms with Gasteiger partial charge in [0.1, 0.15) is 5.82 Å². The Labute approximate surface area is 108 Å². The van der Waals surface area contributed by atoms with Crippen molar-refractivity contribution in [2.24, 2.45) is 5.92 Å². The quantitative estimate of drug-likeness (QED) is 0.759. The second-order valence-corrected chi connectivity index (χ2v) is 5.55. The van der Waals surface area contributed by atoms with Crippen LogP contribution in [0.4, 0.5) is 5.82 Å². The molecule has 0 bridgehead atoms. The molecule has 18 heavy (non-hydrogen) atoms. The predicted molar refractivity (Wildman–Crippen MR) is 70.9 cm³/mol. The number of nitrogens with two attached hydrogens (primary N) is 1. The molecule has 1 saturated carbocycles. The van der Waals surface area contributed by atoms with Crippen LogP contribution in [0.1, 0.15) is 38.2 Å². The summed E-state index contributed by atoms with van der Waals surface area (Å²) in [6, 6.07) is 3.64. The summed E-state index contributed by atoms with van der Waals surface area (Å²) >= 11 is 0. The van der Waals surface area contributed by atoms with Crippen molar-refractivity contribution in [3.63, 3.8) is 0 Å². The minimum atomic E-state index is -0.964. The number of aliphatic hydroxyl groups is 2. The highest BCUT2D eigenvalue weighted by Crippen LogP contribution is 2.35. The van der Waals surface area contributed by atoms with Gasteiger partial charge in [-0.15, -0.1) is 0 Å². The minimum absolute atomic E-state index is 0.366. The number of hydrogen-bond donors (Lipinski definition) is 3. The van der Waals surface area contributed by atoms with Gasteiger partial charge in [0, 0.05) is 12.6 Å². The third-order valence-electron chi connectivity index (χ3n) is 4.10. The van der Waals surface area contributed by atoms with Crippen LogP contribution in [0.25, 0.3) is 0 Å². The van der Waals surface area contributed by atoms with Crippen LogP contribution in [0, 0.1) is 5.92 Å². The van der Waals surface area contributed by atoms with Crippen LogP contribution < -0.4 is 5.73 Å². The summed E-state index contributed by atoms with van der Waals surface area (Å²) in [5.74, 6) is 1.07. The maximum Gasteiger partial charge on any atom is 0.126 e. The average Bonchev–Trinajstić information content (AvgIpc) is 2.36. The van der Waals surface area contributed by atoms with Gasteiger partial charge in [-0.05, 0) is 43.2 Å². The third-order valence-corrected chi connectivity index (χ3v) is 4.10. The lowest BCUT2D eigenvalue weighted by Crippen LogP contribution is -2.46. The molecule has 0 aliphatic heterocycles. The first kappa shape index (κ1) is 13.3. The highest BCUT2D eigenvalue weighted by Gasteiger charge is 2.38. The molecule has 0 aromatic carbocycles. The Morgan fingerprint density at radius 1 is 1.50 bits per heavy atom. The van der Waals surface area contributed by atoms with E-state index in [4.69, 9.17) is 5.73 Å². The van der Waals surface area contributed by atoms with Gasteiger partial charge < -0.3 is 15.9 Å². The van der Waals surface area contributed by atoms with Crippen molar-refractivity contribution in [2.75, 3.05) is 5.73 Å². The minimum Gasteiger partial charge on any atom is -0.390 e. The largest absolute Gasteiger partial charge is 0.390 e. The van der Waals surface area contributed by atoms with Crippen LogP contribution in [-0.2, 0) is 6.42 Å². The topological polar surface area (TPSA) is 79.4 Å². The van der Waals surface area contributed by atoms with Gasteiger partial charge in [-0.25, -0.2) is 4.98 Å². The first-order valence-electron chi connectivity index (χ1n) is 6.61. The lowest BCUT2D eigenvalue weighted by atomic mass is 9.75. The van der Waals surface area contributed by atoms with Gasteiger partial charge in [-0.1, -0.05) is 13.0 Å². The summed E-state index contributed by atoms with van der Waals surface area (Å²) in [5, 5.41) is 20.8. The molecule has 1 fully saturated rings. The lowest BCUT2D eigenvalue weighted by Gasteiger charge is -2.38. The van der Waals surface area contributed by atoms with E-state index < -0.39 is 11.7 Å². The molecular weight excluding hydrogens is 228 g/mol. The fourth-order valence-corrected chi connectivity index (χ4v) is 2.62. The number of anilines is 1. The smallest absolute Gasteiger partial charge is 0.126 e. The van der Waals surface area contributed by atoms with E-state index in [9.17, 15) is 10.2 Å². The fraction of sp³-hybridized carbons (Fsp3) is 0.643. The first-order valence-corrected chi connectivity index (χ1v) is 6.61.